The minimum atomic E-state index is -0.506. The molecule has 1 aromatic carbocycles. The van der Waals surface area contributed by atoms with Gasteiger partial charge in [0.05, 0.1) is 11.1 Å². The number of carbonyl (C=O) groups excluding carboxylic acids is 1. The third-order valence-electron chi connectivity index (χ3n) is 1.93. The van der Waals surface area contributed by atoms with Crippen LogP contribution >= 0.6 is 0 Å². The average Bonchev–Trinajstić information content (AvgIpc) is 2.63. The number of fused-ring (bicyclic) bond motifs is 1. The number of nitrogens with one attached hydrogen (secondary N) is 2. The first kappa shape index (κ1) is 7.82. The van der Waals surface area contributed by atoms with Crippen molar-refractivity contribution in [2.45, 2.75) is 0 Å². The number of aromatic nitrogens is 1. The minimum absolute atomic E-state index is 0.435. The van der Waals surface area contributed by atoms with Crippen LogP contribution in [0.4, 0.5) is 0 Å². The smallest absolute Gasteiger partial charge is 0.276 e. The van der Waals surface area contributed by atoms with Crippen molar-refractivity contribution in [2.75, 3.05) is 0 Å². The van der Waals surface area contributed by atoms with Crippen molar-refractivity contribution >= 4 is 16.8 Å². The highest BCUT2D eigenvalue weighted by molar-refractivity contribution is 6.05. The molecule has 0 spiro atoms. The number of amides is 1. The van der Waals surface area contributed by atoms with Crippen molar-refractivity contribution in [1.82, 2.24) is 10.5 Å². The van der Waals surface area contributed by atoms with E-state index in [1.54, 1.807) is 23.8 Å². The summed E-state index contributed by atoms with van der Waals surface area (Å²) in [6.07, 6.45) is 1.75. The Kier molecular flexibility index (Phi) is 1.75. The lowest BCUT2D eigenvalue weighted by Gasteiger charge is -1.99. The molecule has 1 aromatic heterocycles. The van der Waals surface area contributed by atoms with Crippen molar-refractivity contribution in [3.05, 3.63) is 36.0 Å². The van der Waals surface area contributed by atoms with Gasteiger partial charge in [-0.15, -0.1) is 0 Å². The minimum Gasteiger partial charge on any atom is -0.361 e. The summed E-state index contributed by atoms with van der Waals surface area (Å²) in [5.74, 6) is -0.506. The Labute approximate surface area is 74.1 Å². The fourth-order valence-electron chi connectivity index (χ4n) is 1.33. The summed E-state index contributed by atoms with van der Waals surface area (Å²) in [6, 6.07) is 7.16. The fraction of sp³-hybridized carbons (Fsp3) is 0. The molecule has 0 aliphatic rings. The van der Waals surface area contributed by atoms with Crippen molar-refractivity contribution in [2.24, 2.45) is 0 Å². The maximum Gasteiger partial charge on any atom is 0.276 e. The van der Waals surface area contributed by atoms with Crippen molar-refractivity contribution in [1.29, 1.82) is 0 Å². The van der Waals surface area contributed by atoms with Crippen molar-refractivity contribution in [3.63, 3.8) is 0 Å². The molecule has 0 fully saturated rings. The van der Waals surface area contributed by atoms with E-state index in [0.717, 1.165) is 10.9 Å². The average molecular weight is 176 g/mol. The first-order valence-corrected chi connectivity index (χ1v) is 3.83. The van der Waals surface area contributed by atoms with Crippen molar-refractivity contribution in [3.8, 4) is 0 Å². The lowest BCUT2D eigenvalue weighted by Crippen LogP contribution is -2.18. The van der Waals surface area contributed by atoms with Gasteiger partial charge < -0.3 is 4.98 Å². The Morgan fingerprint density at radius 2 is 2.23 bits per heavy atom. The monoisotopic (exact) mass is 176 g/mol. The first-order chi connectivity index (χ1) is 6.33. The van der Waals surface area contributed by atoms with Crippen LogP contribution in [0.5, 0.6) is 0 Å². The maximum atomic E-state index is 11.1. The van der Waals surface area contributed by atoms with Crippen LogP contribution in [0.2, 0.25) is 0 Å². The highest BCUT2D eigenvalue weighted by Gasteiger charge is 2.08. The molecule has 0 radical (unpaired) electrons. The van der Waals surface area contributed by atoms with E-state index in [9.17, 15) is 4.79 Å². The van der Waals surface area contributed by atoms with E-state index < -0.39 is 5.91 Å². The fourth-order valence-corrected chi connectivity index (χ4v) is 1.33. The predicted molar refractivity (Wildman–Crippen MR) is 47.6 cm³/mol. The molecule has 3 N–H and O–H groups in total. The summed E-state index contributed by atoms with van der Waals surface area (Å²) in [6.45, 7) is 0. The van der Waals surface area contributed by atoms with E-state index in [-0.39, 0.29) is 0 Å². The Hall–Kier alpha value is -1.81. The highest BCUT2D eigenvalue weighted by Crippen LogP contribution is 2.16. The van der Waals surface area contributed by atoms with Crippen LogP contribution < -0.4 is 5.48 Å². The molecule has 0 saturated heterocycles. The Bertz CT molecular complexity index is 448. The van der Waals surface area contributed by atoms with E-state index in [0.29, 0.717) is 5.56 Å². The summed E-state index contributed by atoms with van der Waals surface area (Å²) >= 11 is 0. The molecule has 0 atom stereocenters. The van der Waals surface area contributed by atoms with Crippen LogP contribution in [0, 0.1) is 0 Å². The standard InChI is InChI=1S/C9H8N2O2/c12-9(11-13)7-3-1-2-6-4-5-10-8(6)7/h1-5,10,13H,(H,11,12). The summed E-state index contributed by atoms with van der Waals surface area (Å²) in [5, 5.41) is 9.42. The molecular weight excluding hydrogens is 168 g/mol. The Morgan fingerprint density at radius 1 is 1.38 bits per heavy atom. The van der Waals surface area contributed by atoms with Gasteiger partial charge >= 0.3 is 0 Å². The van der Waals surface area contributed by atoms with Crippen LogP contribution in [0.3, 0.4) is 0 Å². The zero-order valence-corrected chi connectivity index (χ0v) is 6.74. The van der Waals surface area contributed by atoms with E-state index in [1.807, 2.05) is 12.1 Å². The topological polar surface area (TPSA) is 65.1 Å². The molecule has 4 heteroatoms. The van der Waals surface area contributed by atoms with Gasteiger partial charge in [-0.1, -0.05) is 12.1 Å². The van der Waals surface area contributed by atoms with E-state index >= 15 is 0 Å². The summed E-state index contributed by atoms with van der Waals surface area (Å²) in [4.78, 5) is 14.1. The molecule has 2 rings (SSSR count). The number of aromatic amines is 1. The lowest BCUT2D eigenvalue weighted by molar-refractivity contribution is 0.0708. The number of para-hydroxylation sites is 1. The normalized spacial score (nSPS) is 10.2. The molecule has 0 bridgehead atoms. The third-order valence-corrected chi connectivity index (χ3v) is 1.93. The SMILES string of the molecule is O=C(NO)c1cccc2cc[nH]c12. The summed E-state index contributed by atoms with van der Waals surface area (Å²) < 4.78 is 0. The van der Waals surface area contributed by atoms with Gasteiger partial charge in [0.25, 0.3) is 5.91 Å². The molecular formula is C9H8N2O2. The number of H-pyrrole nitrogens is 1. The van der Waals surface area contributed by atoms with E-state index in [1.165, 1.54) is 0 Å². The van der Waals surface area contributed by atoms with E-state index in [2.05, 4.69) is 4.98 Å². The first-order valence-electron chi connectivity index (χ1n) is 3.83. The van der Waals surface area contributed by atoms with E-state index in [4.69, 9.17) is 5.21 Å². The van der Waals surface area contributed by atoms with Gasteiger partial charge in [0.2, 0.25) is 0 Å². The molecule has 4 nitrogen and oxygen atoms in total. The molecule has 13 heavy (non-hydrogen) atoms. The van der Waals surface area contributed by atoms with Gasteiger partial charge in [-0.05, 0) is 12.1 Å². The van der Waals surface area contributed by atoms with Crippen LogP contribution in [-0.4, -0.2) is 16.1 Å². The Morgan fingerprint density at radius 3 is 3.00 bits per heavy atom. The molecule has 2 aromatic rings. The third kappa shape index (κ3) is 1.17. The highest BCUT2D eigenvalue weighted by atomic mass is 16.5. The molecule has 0 unspecified atom stereocenters. The van der Waals surface area contributed by atoms with Gasteiger partial charge in [0, 0.05) is 11.6 Å². The van der Waals surface area contributed by atoms with Crippen molar-refractivity contribution < 1.29 is 10.0 Å². The number of hydrogen-bond acceptors (Lipinski definition) is 2. The molecule has 0 aliphatic heterocycles. The maximum absolute atomic E-state index is 11.1. The number of rotatable bonds is 1. The number of hydrogen-bond donors (Lipinski definition) is 3. The van der Waals surface area contributed by atoms with Gasteiger partial charge in [-0.2, -0.15) is 0 Å². The van der Waals surface area contributed by atoms with Crippen LogP contribution in [0.15, 0.2) is 30.5 Å². The number of benzene rings is 1. The van der Waals surface area contributed by atoms with Gasteiger partial charge in [0.1, 0.15) is 0 Å². The van der Waals surface area contributed by atoms with Gasteiger partial charge in [-0.25, -0.2) is 5.48 Å². The van der Waals surface area contributed by atoms with Crippen LogP contribution in [0.25, 0.3) is 10.9 Å². The van der Waals surface area contributed by atoms with Gasteiger partial charge in [-0.3, -0.25) is 10.0 Å². The molecule has 0 saturated carbocycles. The zero-order valence-electron chi connectivity index (χ0n) is 6.74. The van der Waals surface area contributed by atoms with Gasteiger partial charge in [0.15, 0.2) is 0 Å². The summed E-state index contributed by atoms with van der Waals surface area (Å²) in [5.41, 5.74) is 2.77. The Balaban J connectivity index is 2.67. The second-order valence-electron chi connectivity index (χ2n) is 2.69. The molecule has 0 aliphatic carbocycles. The number of carbonyl (C=O) groups is 1. The van der Waals surface area contributed by atoms with Crippen LogP contribution in [-0.2, 0) is 0 Å². The largest absolute Gasteiger partial charge is 0.361 e. The quantitative estimate of drug-likeness (QED) is 0.452. The predicted octanol–water partition coefficient (Wildman–Crippen LogP) is 1.29. The number of hydroxylamine groups is 1. The molecule has 66 valence electrons. The summed E-state index contributed by atoms with van der Waals surface area (Å²) in [7, 11) is 0. The lowest BCUT2D eigenvalue weighted by atomic mass is 10.1. The second kappa shape index (κ2) is 2.91. The zero-order chi connectivity index (χ0) is 9.26. The second-order valence-corrected chi connectivity index (χ2v) is 2.69. The molecule has 1 amide bonds. The molecule has 1 heterocycles. The van der Waals surface area contributed by atoms with Crippen LogP contribution in [0.1, 0.15) is 10.4 Å².